The van der Waals surface area contributed by atoms with Gasteiger partial charge in [0.1, 0.15) is 23.9 Å². The number of nitriles is 1. The number of esters is 1. The molecular weight excluding hydrogens is 556 g/mol. The molecule has 3 N–H and O–H groups in total. The highest BCUT2D eigenvalue weighted by Gasteiger charge is 2.13. The van der Waals surface area contributed by atoms with Gasteiger partial charge in [-0.3, -0.25) is 9.59 Å². The number of fused-ring (bicyclic) bond motifs is 1. The maximum atomic E-state index is 12.4. The Morgan fingerprint density at radius 1 is 1.05 bits per heavy atom. The zero-order chi connectivity index (χ0) is 31.0. The third kappa shape index (κ3) is 13.3. The molecule has 0 bridgehead atoms. The minimum Gasteiger partial charge on any atom is -0.463 e. The summed E-state index contributed by atoms with van der Waals surface area (Å²) in [6, 6.07) is 14.3. The number of primary amides is 1. The van der Waals surface area contributed by atoms with Crippen molar-refractivity contribution in [3.8, 4) is 6.07 Å². The number of nitrogens with zero attached hydrogens (tertiary/aromatic N) is 2. The SMILES string of the molecule is CC(C)(C)OC(N)=O.N#C/C(=C\c1ccc2cc(N3CCCCC3)ccc2c1)C(=O)NCCOCCOC(=O)CCS. The second-order valence-electron chi connectivity index (χ2n) is 10.6. The van der Waals surface area contributed by atoms with Gasteiger partial charge in [0, 0.05) is 31.1 Å². The lowest BCUT2D eigenvalue weighted by molar-refractivity contribution is -0.144. The third-order valence-electron chi connectivity index (χ3n) is 5.99. The molecule has 3 rings (SSSR count). The number of hydrogen-bond acceptors (Lipinski definition) is 9. The first-order valence-corrected chi connectivity index (χ1v) is 14.7. The fourth-order valence-electron chi connectivity index (χ4n) is 4.12. The van der Waals surface area contributed by atoms with Crippen molar-refractivity contribution in [2.45, 2.75) is 52.1 Å². The molecule has 2 amide bonds. The van der Waals surface area contributed by atoms with Crippen LogP contribution in [0.2, 0.25) is 0 Å². The van der Waals surface area contributed by atoms with Gasteiger partial charge in [0.25, 0.3) is 5.91 Å². The lowest BCUT2D eigenvalue weighted by Crippen LogP contribution is -2.29. The predicted molar refractivity (Wildman–Crippen MR) is 167 cm³/mol. The molecule has 0 atom stereocenters. The molecule has 0 aromatic heterocycles. The van der Waals surface area contributed by atoms with E-state index in [2.05, 4.69) is 45.8 Å². The van der Waals surface area contributed by atoms with E-state index >= 15 is 0 Å². The molecule has 1 saturated heterocycles. The summed E-state index contributed by atoms with van der Waals surface area (Å²) >= 11 is 3.96. The Labute approximate surface area is 253 Å². The first-order valence-electron chi connectivity index (χ1n) is 14.0. The summed E-state index contributed by atoms with van der Waals surface area (Å²) < 4.78 is 14.9. The molecule has 1 aliphatic rings. The molecule has 10 nitrogen and oxygen atoms in total. The van der Waals surface area contributed by atoms with Crippen molar-refractivity contribution >= 4 is 53.1 Å². The van der Waals surface area contributed by atoms with Crippen molar-refractivity contribution in [3.63, 3.8) is 0 Å². The summed E-state index contributed by atoms with van der Waals surface area (Å²) in [6.45, 7) is 8.39. The summed E-state index contributed by atoms with van der Waals surface area (Å²) in [5.41, 5.74) is 6.33. The van der Waals surface area contributed by atoms with Gasteiger partial charge in [-0.2, -0.15) is 17.9 Å². The average molecular weight is 599 g/mol. The van der Waals surface area contributed by atoms with Crippen LogP contribution in [0.1, 0.15) is 52.0 Å². The molecule has 0 saturated carbocycles. The largest absolute Gasteiger partial charge is 0.463 e. The smallest absolute Gasteiger partial charge is 0.405 e. The Balaban J connectivity index is 0.000000675. The van der Waals surface area contributed by atoms with E-state index < -0.39 is 17.6 Å². The van der Waals surface area contributed by atoms with Crippen LogP contribution in [0, 0.1) is 11.3 Å². The van der Waals surface area contributed by atoms with E-state index in [0.717, 1.165) is 29.4 Å². The molecule has 1 aliphatic heterocycles. The number of piperidine rings is 1. The number of benzene rings is 2. The van der Waals surface area contributed by atoms with E-state index in [9.17, 15) is 19.6 Å². The number of hydrogen-bond donors (Lipinski definition) is 3. The average Bonchev–Trinajstić information content (AvgIpc) is 2.94. The zero-order valence-corrected chi connectivity index (χ0v) is 25.6. The van der Waals surface area contributed by atoms with Crippen molar-refractivity contribution in [1.82, 2.24) is 5.32 Å². The molecule has 228 valence electrons. The highest BCUT2D eigenvalue weighted by atomic mass is 32.1. The number of carbonyl (C=O) groups excluding carboxylic acids is 3. The summed E-state index contributed by atoms with van der Waals surface area (Å²) in [4.78, 5) is 36.0. The molecule has 0 radical (unpaired) electrons. The molecule has 11 heteroatoms. The highest BCUT2D eigenvalue weighted by Crippen LogP contribution is 2.26. The van der Waals surface area contributed by atoms with E-state index in [1.165, 1.54) is 24.9 Å². The van der Waals surface area contributed by atoms with Gasteiger partial charge in [0.05, 0.1) is 19.6 Å². The molecule has 1 heterocycles. The van der Waals surface area contributed by atoms with E-state index in [4.69, 9.17) is 15.2 Å². The van der Waals surface area contributed by atoms with Crippen LogP contribution < -0.4 is 16.0 Å². The van der Waals surface area contributed by atoms with Crippen LogP contribution in [0.4, 0.5) is 10.5 Å². The fraction of sp³-hybridized carbons (Fsp3) is 0.484. The number of thiol groups is 1. The Hall–Kier alpha value is -3.75. The molecule has 42 heavy (non-hydrogen) atoms. The van der Waals surface area contributed by atoms with Crippen LogP contribution in [0.15, 0.2) is 42.0 Å². The summed E-state index contributed by atoms with van der Waals surface area (Å²) in [6.07, 6.45) is 4.90. The van der Waals surface area contributed by atoms with Crippen LogP contribution in [-0.4, -0.2) is 68.8 Å². The van der Waals surface area contributed by atoms with E-state index in [1.807, 2.05) is 24.3 Å². The first kappa shape index (κ1) is 34.5. The zero-order valence-electron chi connectivity index (χ0n) is 24.7. The van der Waals surface area contributed by atoms with Gasteiger partial charge in [0.15, 0.2) is 0 Å². The predicted octanol–water partition coefficient (Wildman–Crippen LogP) is 4.61. The Morgan fingerprint density at radius 3 is 2.36 bits per heavy atom. The van der Waals surface area contributed by atoms with Crippen molar-refractivity contribution in [3.05, 3.63) is 47.5 Å². The Kier molecular flexibility index (Phi) is 14.7. The number of amides is 2. The van der Waals surface area contributed by atoms with Crippen molar-refractivity contribution < 1.29 is 28.6 Å². The number of rotatable bonds is 11. The standard InChI is InChI=1S/C26H31N3O4S.C5H11NO2/c27-19-23(26(31)28-9-12-32-13-14-33-25(30)8-15-34)17-20-4-5-22-18-24(7-6-21(22)16-20)29-10-2-1-3-11-29;1-5(2,3)8-4(6)7/h4-7,16-18,34H,1-3,8-15H2,(H,28,31);1-3H3,(H2,6,7)/b23-17+;. The van der Waals surface area contributed by atoms with Gasteiger partial charge in [-0.1, -0.05) is 18.2 Å². The van der Waals surface area contributed by atoms with Gasteiger partial charge in [0.2, 0.25) is 0 Å². The molecule has 0 unspecified atom stereocenters. The fourth-order valence-corrected chi connectivity index (χ4v) is 4.30. The summed E-state index contributed by atoms with van der Waals surface area (Å²) in [5, 5.41) is 14.3. The van der Waals surface area contributed by atoms with Crippen molar-refractivity contribution in [2.75, 3.05) is 50.1 Å². The Bertz CT molecular complexity index is 1260. The lowest BCUT2D eigenvalue weighted by atomic mass is 10.0. The van der Waals surface area contributed by atoms with Crippen LogP contribution >= 0.6 is 12.6 Å². The topological polar surface area (TPSA) is 144 Å². The van der Waals surface area contributed by atoms with Gasteiger partial charge < -0.3 is 30.2 Å². The van der Waals surface area contributed by atoms with Gasteiger partial charge in [-0.15, -0.1) is 0 Å². The van der Waals surface area contributed by atoms with Crippen LogP contribution in [0.3, 0.4) is 0 Å². The monoisotopic (exact) mass is 598 g/mol. The highest BCUT2D eigenvalue weighted by molar-refractivity contribution is 7.80. The second-order valence-corrected chi connectivity index (χ2v) is 11.1. The quantitative estimate of drug-likeness (QED) is 0.112. The number of carbonyl (C=O) groups is 3. The van der Waals surface area contributed by atoms with E-state index in [1.54, 1.807) is 26.8 Å². The number of nitrogens with one attached hydrogen (secondary N) is 1. The van der Waals surface area contributed by atoms with Crippen molar-refractivity contribution in [1.29, 1.82) is 5.26 Å². The van der Waals surface area contributed by atoms with Gasteiger partial charge in [-0.25, -0.2) is 4.79 Å². The second kappa shape index (κ2) is 17.9. The van der Waals surface area contributed by atoms with E-state index in [-0.39, 0.29) is 44.3 Å². The molecular formula is C31H42N4O6S. The molecule has 2 aromatic rings. The molecule has 0 aliphatic carbocycles. The van der Waals surface area contributed by atoms with Crippen LogP contribution in [-0.2, 0) is 23.8 Å². The summed E-state index contributed by atoms with van der Waals surface area (Å²) in [7, 11) is 0. The normalized spacial score (nSPS) is 13.4. The van der Waals surface area contributed by atoms with Gasteiger partial charge >= 0.3 is 12.1 Å². The van der Waals surface area contributed by atoms with E-state index in [0.29, 0.717) is 5.75 Å². The molecule has 0 spiro atoms. The minimum atomic E-state index is -0.725. The molecule has 2 aromatic carbocycles. The number of ether oxygens (including phenoxy) is 3. The van der Waals surface area contributed by atoms with Crippen molar-refractivity contribution in [2.24, 2.45) is 5.73 Å². The lowest BCUT2D eigenvalue weighted by Gasteiger charge is -2.29. The minimum absolute atomic E-state index is 0.0324. The van der Waals surface area contributed by atoms with Crippen LogP contribution in [0.25, 0.3) is 16.8 Å². The molecule has 1 fully saturated rings. The van der Waals surface area contributed by atoms with Gasteiger partial charge in [-0.05, 0) is 80.6 Å². The van der Waals surface area contributed by atoms with Crippen LogP contribution in [0.5, 0.6) is 0 Å². The number of anilines is 1. The summed E-state index contributed by atoms with van der Waals surface area (Å²) in [5.74, 6) is -0.321. The third-order valence-corrected chi connectivity index (χ3v) is 6.21. The maximum Gasteiger partial charge on any atom is 0.405 e. The first-order chi connectivity index (χ1) is 20.0. The Morgan fingerprint density at radius 2 is 1.74 bits per heavy atom. The number of nitrogens with two attached hydrogens (primary N) is 1. The maximum absolute atomic E-state index is 12.4.